The Morgan fingerprint density at radius 2 is 0.870 bits per heavy atom. The number of carbonyl (C=O) groups is 1. The molecule has 0 saturated heterocycles. The van der Waals surface area contributed by atoms with Crippen LogP contribution in [0.5, 0.6) is 0 Å². The molecule has 0 atom stereocenters. The van der Waals surface area contributed by atoms with Gasteiger partial charge in [0.25, 0.3) is 0 Å². The van der Waals surface area contributed by atoms with Crippen LogP contribution in [-0.4, -0.2) is 37.4 Å². The number of halogens is 12. The Labute approximate surface area is 115 Å². The summed E-state index contributed by atoms with van der Waals surface area (Å²) < 4.78 is 151. The van der Waals surface area contributed by atoms with Crippen molar-refractivity contribution in [3.63, 3.8) is 0 Å². The van der Waals surface area contributed by atoms with Crippen molar-refractivity contribution in [3.05, 3.63) is 0 Å². The lowest BCUT2D eigenvalue weighted by molar-refractivity contribution is -0.607. The predicted molar refractivity (Wildman–Crippen MR) is 36.3 cm³/mol. The minimum absolute atomic E-state index is 1.65. The van der Waals surface area contributed by atoms with E-state index in [0.717, 1.165) is 0 Å². The highest BCUT2D eigenvalue weighted by Gasteiger charge is 2.60. The van der Waals surface area contributed by atoms with Crippen molar-refractivity contribution in [2.75, 3.05) is 0 Å². The molecule has 0 aromatic carbocycles. The van der Waals surface area contributed by atoms with Crippen LogP contribution in [0.1, 0.15) is 0 Å². The van der Waals surface area contributed by atoms with Gasteiger partial charge in [0.2, 0.25) is 0 Å². The maximum Gasteiger partial charge on any atom is 0.529 e. The zero-order chi connectivity index (χ0) is 18.9. The van der Waals surface area contributed by atoms with Crippen molar-refractivity contribution in [1.82, 2.24) is 0 Å². The first-order valence-electron chi connectivity index (χ1n) is 4.35. The summed E-state index contributed by atoms with van der Waals surface area (Å²) in [6, 6.07) is -3.92. The monoisotopic (exact) mass is 380 g/mol. The van der Waals surface area contributed by atoms with Gasteiger partial charge in [-0.15, -0.1) is 39.5 Å². The van der Waals surface area contributed by atoms with E-state index in [-0.39, 0.29) is 0 Å². The number of hydrogen-bond acceptors (Lipinski definition) is 5. The molecule has 17 heteroatoms. The van der Waals surface area contributed by atoms with Crippen LogP contribution >= 0.6 is 0 Å². The zero-order valence-corrected chi connectivity index (χ0v) is 9.58. The minimum Gasteiger partial charge on any atom is -0.251 e. The van der Waals surface area contributed by atoms with Crippen LogP contribution in [0.4, 0.5) is 52.7 Å². The predicted octanol–water partition coefficient (Wildman–Crippen LogP) is 3.31. The summed E-state index contributed by atoms with van der Waals surface area (Å²) >= 11 is 0. The van der Waals surface area contributed by atoms with Gasteiger partial charge in [0.05, 0.1) is 0 Å². The summed E-state index contributed by atoms with van der Waals surface area (Å²) in [5, 5.41) is 0. The molecule has 0 amide bonds. The highest BCUT2D eigenvalue weighted by atomic mass is 19.4. The molecule has 0 aliphatic carbocycles. The molecule has 0 aromatic heterocycles. The van der Waals surface area contributed by atoms with Gasteiger partial charge >= 0.3 is 37.4 Å². The van der Waals surface area contributed by atoms with Crippen molar-refractivity contribution in [3.8, 4) is 0 Å². The SMILES string of the molecule is O=C(F)C(F)(F)OC(F)(F)OC(F)(F)OC(F)(F)OC(F)(F)F. The third kappa shape index (κ3) is 8.77. The fourth-order valence-electron chi connectivity index (χ4n) is 0.663. The van der Waals surface area contributed by atoms with Crippen LogP contribution in [0.3, 0.4) is 0 Å². The van der Waals surface area contributed by atoms with E-state index in [9.17, 15) is 57.5 Å². The lowest BCUT2D eigenvalue weighted by atomic mass is 10.7. The average molecular weight is 380 g/mol. The highest BCUT2D eigenvalue weighted by Crippen LogP contribution is 2.39. The molecule has 0 heterocycles. The van der Waals surface area contributed by atoms with Gasteiger partial charge < -0.3 is 0 Å². The van der Waals surface area contributed by atoms with Crippen LogP contribution in [-0.2, 0) is 23.7 Å². The maximum atomic E-state index is 12.4. The van der Waals surface area contributed by atoms with Gasteiger partial charge in [0, 0.05) is 0 Å². The molecule has 5 nitrogen and oxygen atoms in total. The molecule has 23 heavy (non-hydrogen) atoms. The molecular formula is C6F12O5. The fourth-order valence-corrected chi connectivity index (χ4v) is 0.663. The number of alkyl halides is 11. The molecule has 0 spiro atoms. The third-order valence-corrected chi connectivity index (χ3v) is 1.19. The number of rotatable bonds is 8. The lowest BCUT2D eigenvalue weighted by Gasteiger charge is -2.26. The van der Waals surface area contributed by atoms with E-state index < -0.39 is 37.4 Å². The number of ether oxygens (including phenoxy) is 4. The average Bonchev–Trinajstić information content (AvgIpc) is 2.04. The van der Waals surface area contributed by atoms with Crippen LogP contribution in [0.15, 0.2) is 0 Å². The third-order valence-electron chi connectivity index (χ3n) is 1.19. The van der Waals surface area contributed by atoms with Gasteiger partial charge in [-0.25, -0.2) is 14.2 Å². The molecule has 0 N–H and O–H groups in total. The second-order valence-electron chi connectivity index (χ2n) is 3.03. The standard InChI is InChI=1S/C6F12O5/c7-1(19)2(8,9)20-4(13,14)22-6(17,18)23-5(15,16)21-3(10,11)12. The van der Waals surface area contributed by atoms with Crippen molar-refractivity contribution in [2.45, 2.75) is 31.4 Å². The van der Waals surface area contributed by atoms with E-state index in [1.807, 2.05) is 9.47 Å². The molecule has 0 rings (SSSR count). The molecule has 0 aliphatic rings. The topological polar surface area (TPSA) is 54.0 Å². The van der Waals surface area contributed by atoms with Gasteiger partial charge in [-0.2, -0.15) is 17.9 Å². The molecule has 0 aliphatic heterocycles. The van der Waals surface area contributed by atoms with E-state index >= 15 is 0 Å². The first kappa shape index (κ1) is 21.7. The zero-order valence-electron chi connectivity index (χ0n) is 9.58. The summed E-state index contributed by atoms with van der Waals surface area (Å²) in [5.41, 5.74) is 0. The molecular weight excluding hydrogens is 380 g/mol. The smallest absolute Gasteiger partial charge is 0.251 e. The summed E-state index contributed by atoms with van der Waals surface area (Å²) in [7, 11) is 0. The Morgan fingerprint density at radius 3 is 1.17 bits per heavy atom. The van der Waals surface area contributed by atoms with Crippen molar-refractivity contribution in [2.24, 2.45) is 0 Å². The number of carbonyl (C=O) groups excluding carboxylic acids is 1. The van der Waals surface area contributed by atoms with E-state index in [0.29, 0.717) is 0 Å². The molecule has 0 saturated carbocycles. The van der Waals surface area contributed by atoms with Gasteiger partial charge in [-0.1, -0.05) is 0 Å². The Hall–Kier alpha value is -1.33. The van der Waals surface area contributed by atoms with E-state index in [1.165, 1.54) is 0 Å². The molecule has 0 radical (unpaired) electrons. The van der Waals surface area contributed by atoms with E-state index in [4.69, 9.17) is 0 Å². The van der Waals surface area contributed by atoms with Crippen molar-refractivity contribution < 1.29 is 76.4 Å². The number of hydrogen-bond donors (Lipinski definition) is 0. The van der Waals surface area contributed by atoms with E-state index in [2.05, 4.69) is 0 Å². The van der Waals surface area contributed by atoms with Crippen molar-refractivity contribution in [1.29, 1.82) is 0 Å². The molecule has 0 fully saturated rings. The molecule has 0 aromatic rings. The first-order chi connectivity index (χ1) is 9.77. The van der Waals surface area contributed by atoms with Gasteiger partial charge in [-0.3, -0.25) is 4.79 Å². The second kappa shape index (κ2) is 6.29. The minimum atomic E-state index is -6.42. The summed E-state index contributed by atoms with van der Waals surface area (Å²) in [6.45, 7) is 0. The quantitative estimate of drug-likeness (QED) is 0.368. The van der Waals surface area contributed by atoms with Crippen LogP contribution in [0, 0.1) is 0 Å². The molecule has 0 bridgehead atoms. The largest absolute Gasteiger partial charge is 0.529 e. The second-order valence-corrected chi connectivity index (χ2v) is 3.03. The Bertz CT molecular complexity index is 430. The lowest BCUT2D eigenvalue weighted by Crippen LogP contribution is -2.47. The summed E-state index contributed by atoms with van der Waals surface area (Å²) in [6.07, 6.45) is -31.4. The van der Waals surface area contributed by atoms with Gasteiger partial charge in [-0.05, 0) is 0 Å². The Balaban J connectivity index is 5.00. The Morgan fingerprint density at radius 1 is 0.565 bits per heavy atom. The van der Waals surface area contributed by atoms with Gasteiger partial charge in [0.1, 0.15) is 0 Å². The molecule has 0 unspecified atom stereocenters. The molecule has 138 valence electrons. The van der Waals surface area contributed by atoms with Crippen LogP contribution in [0.2, 0.25) is 0 Å². The Kier molecular flexibility index (Phi) is 5.92. The normalized spacial score (nSPS) is 15.0. The van der Waals surface area contributed by atoms with Gasteiger partial charge in [0.15, 0.2) is 0 Å². The van der Waals surface area contributed by atoms with Crippen molar-refractivity contribution >= 4 is 6.04 Å². The summed E-state index contributed by atoms with van der Waals surface area (Å²) in [4.78, 5) is 9.48. The van der Waals surface area contributed by atoms with E-state index in [1.54, 1.807) is 9.47 Å². The maximum absolute atomic E-state index is 12.4. The highest BCUT2D eigenvalue weighted by molar-refractivity contribution is 5.74. The first-order valence-corrected chi connectivity index (χ1v) is 4.35. The fraction of sp³-hybridized carbons (Fsp3) is 0.833. The van der Waals surface area contributed by atoms with Crippen LogP contribution in [0.25, 0.3) is 0 Å². The van der Waals surface area contributed by atoms with Crippen LogP contribution < -0.4 is 0 Å². The summed E-state index contributed by atoms with van der Waals surface area (Å²) in [5.74, 6) is 0.